The lowest BCUT2D eigenvalue weighted by Gasteiger charge is -2.39. The van der Waals surface area contributed by atoms with Crippen molar-refractivity contribution in [1.82, 2.24) is 30.1 Å². The Labute approximate surface area is 295 Å². The summed E-state index contributed by atoms with van der Waals surface area (Å²) in [6.45, 7) is 6.56. The maximum atomic E-state index is 14.2. The van der Waals surface area contributed by atoms with Crippen LogP contribution < -0.4 is 20.7 Å². The minimum absolute atomic E-state index is 0.0954. The Morgan fingerprint density at radius 2 is 1.68 bits per heavy atom. The monoisotopic (exact) mass is 714 g/mol. The number of carbonyl (C=O) groups is 5. The van der Waals surface area contributed by atoms with E-state index in [1.807, 2.05) is 55.8 Å². The van der Waals surface area contributed by atoms with Crippen LogP contribution in [-0.4, -0.2) is 90.8 Å². The molecule has 13 nitrogen and oxygen atoms in total. The SMILES string of the molecule is CCC(=O)CCCCC[C@@H]1NC(=O)C2CCCCN2C(=O)[C@H](C(C)CC)NC(=O)[C@H](Cc2cn(CCNS(C)(=O)=O)c3ccccc23)NC1=O. The van der Waals surface area contributed by atoms with Gasteiger partial charge in [-0.2, -0.15) is 0 Å². The van der Waals surface area contributed by atoms with E-state index in [-0.39, 0.29) is 36.5 Å². The molecule has 4 N–H and O–H groups in total. The van der Waals surface area contributed by atoms with E-state index in [2.05, 4.69) is 20.7 Å². The molecule has 4 amide bonds. The molecular formula is C36H54N6O7S. The number of nitrogens with one attached hydrogen (secondary N) is 4. The number of unbranched alkanes of at least 4 members (excludes halogenated alkanes) is 2. The average Bonchev–Trinajstić information content (AvgIpc) is 3.44. The molecule has 4 rings (SSSR count). The molecule has 2 unspecified atom stereocenters. The van der Waals surface area contributed by atoms with Crippen LogP contribution in [0.25, 0.3) is 10.9 Å². The molecule has 2 aromatic rings. The molecule has 0 bridgehead atoms. The Balaban J connectivity index is 1.67. The third kappa shape index (κ3) is 10.4. The second-order valence-electron chi connectivity index (χ2n) is 13.8. The van der Waals surface area contributed by atoms with Gasteiger partial charge >= 0.3 is 0 Å². The van der Waals surface area contributed by atoms with E-state index in [9.17, 15) is 32.4 Å². The summed E-state index contributed by atoms with van der Waals surface area (Å²) < 4.78 is 27.8. The van der Waals surface area contributed by atoms with E-state index in [4.69, 9.17) is 0 Å². The molecule has 0 spiro atoms. The van der Waals surface area contributed by atoms with Gasteiger partial charge in [0.25, 0.3) is 0 Å². The number of nitrogens with zero attached hydrogens (tertiary/aromatic N) is 2. The Morgan fingerprint density at radius 3 is 2.40 bits per heavy atom. The van der Waals surface area contributed by atoms with Gasteiger partial charge in [-0.05, 0) is 49.7 Å². The lowest BCUT2D eigenvalue weighted by Crippen LogP contribution is -2.64. The summed E-state index contributed by atoms with van der Waals surface area (Å²) in [6.07, 6.45) is 8.88. The molecule has 0 radical (unpaired) electrons. The molecule has 2 saturated heterocycles. The van der Waals surface area contributed by atoms with Crippen molar-refractivity contribution in [2.24, 2.45) is 5.92 Å². The number of carbonyl (C=O) groups excluding carboxylic acids is 5. The number of Topliss-reactive ketones (excluding diaryl/α,β-unsaturated/α-hetero) is 1. The van der Waals surface area contributed by atoms with Gasteiger partial charge in [0.1, 0.15) is 30.0 Å². The Hall–Kier alpha value is -3.78. The van der Waals surface area contributed by atoms with E-state index in [1.165, 1.54) is 0 Å². The van der Waals surface area contributed by atoms with E-state index in [0.717, 1.165) is 35.6 Å². The van der Waals surface area contributed by atoms with Gasteiger partial charge in [-0.1, -0.05) is 58.2 Å². The van der Waals surface area contributed by atoms with Crippen molar-refractivity contribution in [1.29, 1.82) is 0 Å². The number of benzene rings is 1. The molecule has 50 heavy (non-hydrogen) atoms. The Morgan fingerprint density at radius 1 is 0.960 bits per heavy atom. The molecule has 5 atom stereocenters. The molecule has 3 heterocycles. The van der Waals surface area contributed by atoms with Crippen molar-refractivity contribution in [3.63, 3.8) is 0 Å². The standard InChI is InChI=1S/C36H54N6O7S/c1-5-24(3)32-36(47)42-20-13-12-18-31(42)35(46)38-28(16-9-7-8-14-26(43)6-2)33(44)39-29(34(45)40-32)22-25-23-41(21-19-37-50(4,48)49)30-17-11-10-15-27(25)30/h10-11,15,17,23-24,28-29,31-32,37H,5-9,12-14,16,18-22H2,1-4H3,(H,38,46)(H,39,44)(H,40,45)/t24?,28-,29-,31?,32-/m0/s1. The number of hydrogen-bond donors (Lipinski definition) is 4. The summed E-state index contributed by atoms with van der Waals surface area (Å²) in [4.78, 5) is 69.6. The predicted octanol–water partition coefficient (Wildman–Crippen LogP) is 2.56. The summed E-state index contributed by atoms with van der Waals surface area (Å²) in [5.74, 6) is -1.71. The number of hydrogen-bond acceptors (Lipinski definition) is 7. The van der Waals surface area contributed by atoms with Crippen molar-refractivity contribution in [2.75, 3.05) is 19.3 Å². The number of fused-ring (bicyclic) bond motifs is 2. The third-order valence-electron chi connectivity index (χ3n) is 9.99. The van der Waals surface area contributed by atoms with Gasteiger partial charge in [-0.15, -0.1) is 0 Å². The third-order valence-corrected chi connectivity index (χ3v) is 10.7. The molecule has 276 valence electrons. The molecule has 14 heteroatoms. The Bertz CT molecular complexity index is 1640. The van der Waals surface area contributed by atoms with Crippen LogP contribution in [0.4, 0.5) is 0 Å². The molecule has 1 aromatic heterocycles. The number of amides is 4. The molecule has 1 aromatic carbocycles. The molecule has 0 aliphatic carbocycles. The fraction of sp³-hybridized carbons (Fsp3) is 0.639. The van der Waals surface area contributed by atoms with Crippen LogP contribution in [0, 0.1) is 5.92 Å². The van der Waals surface area contributed by atoms with Crippen LogP contribution in [0.3, 0.4) is 0 Å². The normalized spacial score (nSPS) is 22.9. The maximum Gasteiger partial charge on any atom is 0.246 e. The number of aromatic nitrogens is 1. The summed E-state index contributed by atoms with van der Waals surface area (Å²) in [5.41, 5.74) is 1.60. The van der Waals surface area contributed by atoms with Crippen LogP contribution in [0.15, 0.2) is 30.5 Å². The van der Waals surface area contributed by atoms with Crippen LogP contribution in [0.1, 0.15) is 90.5 Å². The minimum atomic E-state index is -3.39. The van der Waals surface area contributed by atoms with Crippen molar-refractivity contribution in [3.8, 4) is 0 Å². The smallest absolute Gasteiger partial charge is 0.246 e. The molecule has 2 fully saturated rings. The van der Waals surface area contributed by atoms with E-state index in [0.29, 0.717) is 64.5 Å². The van der Waals surface area contributed by atoms with Crippen molar-refractivity contribution < 1.29 is 32.4 Å². The fourth-order valence-electron chi connectivity index (χ4n) is 6.87. The largest absolute Gasteiger partial charge is 0.346 e. The number of rotatable bonds is 15. The van der Waals surface area contributed by atoms with E-state index >= 15 is 0 Å². The van der Waals surface area contributed by atoms with Gasteiger partial charge < -0.3 is 25.4 Å². The first kappa shape index (κ1) is 39.0. The first-order valence-corrected chi connectivity index (χ1v) is 20.0. The highest BCUT2D eigenvalue weighted by atomic mass is 32.2. The zero-order chi connectivity index (χ0) is 36.4. The van der Waals surface area contributed by atoms with Crippen LogP contribution in [0.2, 0.25) is 0 Å². The van der Waals surface area contributed by atoms with Crippen LogP contribution in [0.5, 0.6) is 0 Å². The molecule has 2 aliphatic rings. The summed E-state index contributed by atoms with van der Waals surface area (Å²) in [7, 11) is -3.39. The molecular weight excluding hydrogens is 660 g/mol. The van der Waals surface area contributed by atoms with Gasteiger partial charge in [0.15, 0.2) is 0 Å². The van der Waals surface area contributed by atoms with Gasteiger partial charge in [-0.3, -0.25) is 24.0 Å². The minimum Gasteiger partial charge on any atom is -0.346 e. The number of piperidine rings is 1. The molecule has 0 saturated carbocycles. The number of sulfonamides is 1. The first-order valence-electron chi connectivity index (χ1n) is 18.1. The van der Waals surface area contributed by atoms with Crippen LogP contribution >= 0.6 is 0 Å². The van der Waals surface area contributed by atoms with Gasteiger partial charge in [0, 0.05) is 56.0 Å². The lowest BCUT2D eigenvalue weighted by atomic mass is 9.93. The van der Waals surface area contributed by atoms with Gasteiger partial charge in [0.2, 0.25) is 33.7 Å². The average molecular weight is 715 g/mol. The highest BCUT2D eigenvalue weighted by Gasteiger charge is 2.41. The Kier molecular flexibility index (Phi) is 14.0. The second-order valence-corrected chi connectivity index (χ2v) is 15.6. The molecule has 2 aliphatic heterocycles. The maximum absolute atomic E-state index is 14.2. The zero-order valence-corrected chi connectivity index (χ0v) is 30.6. The first-order chi connectivity index (χ1) is 23.8. The van der Waals surface area contributed by atoms with E-state index in [1.54, 1.807) is 4.90 Å². The summed E-state index contributed by atoms with van der Waals surface area (Å²) >= 11 is 0. The quantitative estimate of drug-likeness (QED) is 0.205. The zero-order valence-electron chi connectivity index (χ0n) is 29.8. The number of para-hydroxylation sites is 1. The van der Waals surface area contributed by atoms with Crippen molar-refractivity contribution in [2.45, 2.75) is 122 Å². The highest BCUT2D eigenvalue weighted by Crippen LogP contribution is 2.25. The fourth-order valence-corrected chi connectivity index (χ4v) is 7.33. The lowest BCUT2D eigenvalue weighted by molar-refractivity contribution is -0.147. The van der Waals surface area contributed by atoms with Gasteiger partial charge in [0.05, 0.1) is 6.26 Å². The van der Waals surface area contributed by atoms with Crippen molar-refractivity contribution >= 4 is 50.3 Å². The summed E-state index contributed by atoms with van der Waals surface area (Å²) in [5, 5.41) is 9.69. The predicted molar refractivity (Wildman–Crippen MR) is 191 cm³/mol. The topological polar surface area (TPSA) is 176 Å². The van der Waals surface area contributed by atoms with Crippen LogP contribution in [-0.2, 0) is 47.0 Å². The number of ketones is 1. The second kappa shape index (κ2) is 17.9. The van der Waals surface area contributed by atoms with E-state index < -0.39 is 46.0 Å². The van der Waals surface area contributed by atoms with Crippen molar-refractivity contribution in [3.05, 3.63) is 36.0 Å². The van der Waals surface area contributed by atoms with Gasteiger partial charge in [-0.25, -0.2) is 13.1 Å². The summed E-state index contributed by atoms with van der Waals surface area (Å²) in [6, 6.07) is 3.93. The highest BCUT2D eigenvalue weighted by molar-refractivity contribution is 7.88.